The quantitative estimate of drug-likeness (QED) is 0.640. The molecule has 1 rings (SSSR count). The van der Waals surface area contributed by atoms with Gasteiger partial charge in [-0.15, -0.1) is 0 Å². The van der Waals surface area contributed by atoms with Crippen molar-refractivity contribution in [3.05, 3.63) is 0 Å². The second kappa shape index (κ2) is 4.56. The van der Waals surface area contributed by atoms with E-state index < -0.39 is 0 Å². The third-order valence-corrected chi connectivity index (χ3v) is 1.89. The Morgan fingerprint density at radius 1 is 1.00 bits per heavy atom. The molecular weight excluding hydrogens is 268 g/mol. The maximum atomic E-state index is 2.36. The molecule has 1 aliphatic rings. The van der Waals surface area contributed by atoms with Crippen molar-refractivity contribution in [1.29, 1.82) is 0 Å². The zero-order valence-corrected chi connectivity index (χ0v) is 8.45. The molecule has 1 fully saturated rings. The van der Waals surface area contributed by atoms with Crippen LogP contribution in [0.15, 0.2) is 0 Å². The standard InChI is InChI=1S/C7H14.W/c1-7-5-3-2-4-6-7;/h7H,2-6H2,1H3;. The van der Waals surface area contributed by atoms with E-state index in [0.717, 1.165) is 5.92 Å². The van der Waals surface area contributed by atoms with E-state index in [2.05, 4.69) is 6.92 Å². The first-order chi connectivity index (χ1) is 3.39. The Morgan fingerprint density at radius 2 is 1.50 bits per heavy atom. The van der Waals surface area contributed by atoms with Crippen LogP contribution in [0.4, 0.5) is 0 Å². The van der Waals surface area contributed by atoms with Gasteiger partial charge in [-0.05, 0) is 5.92 Å². The van der Waals surface area contributed by atoms with Gasteiger partial charge in [-0.25, -0.2) is 0 Å². The summed E-state index contributed by atoms with van der Waals surface area (Å²) in [5.74, 6) is 1.04. The number of hydrogen-bond donors (Lipinski definition) is 0. The first-order valence-corrected chi connectivity index (χ1v) is 3.39. The largest absolute Gasteiger partial charge is 0.0625 e. The summed E-state index contributed by atoms with van der Waals surface area (Å²) in [5, 5.41) is 0. The van der Waals surface area contributed by atoms with E-state index in [9.17, 15) is 0 Å². The molecule has 0 amide bonds. The van der Waals surface area contributed by atoms with Gasteiger partial charge < -0.3 is 0 Å². The predicted molar refractivity (Wildman–Crippen MR) is 32.2 cm³/mol. The molecule has 0 aromatic carbocycles. The summed E-state index contributed by atoms with van der Waals surface area (Å²) in [6, 6.07) is 0. The molecule has 8 heavy (non-hydrogen) atoms. The Bertz CT molecular complexity index is 46.3. The van der Waals surface area contributed by atoms with Crippen molar-refractivity contribution < 1.29 is 21.1 Å². The molecule has 0 spiro atoms. The summed E-state index contributed by atoms with van der Waals surface area (Å²) in [6.45, 7) is 2.36. The third-order valence-electron chi connectivity index (χ3n) is 1.89. The van der Waals surface area contributed by atoms with Crippen LogP contribution >= 0.6 is 0 Å². The predicted octanol–water partition coefficient (Wildman–Crippen LogP) is 2.58. The van der Waals surface area contributed by atoms with Crippen molar-refractivity contribution >= 4 is 0 Å². The van der Waals surface area contributed by atoms with E-state index >= 15 is 0 Å². The van der Waals surface area contributed by atoms with E-state index in [1.807, 2.05) is 0 Å². The van der Waals surface area contributed by atoms with Crippen LogP contribution in [0, 0.1) is 5.92 Å². The molecule has 48 valence electrons. The molecule has 0 N–H and O–H groups in total. The van der Waals surface area contributed by atoms with Crippen molar-refractivity contribution in [3.8, 4) is 0 Å². The van der Waals surface area contributed by atoms with Crippen LogP contribution in [-0.2, 0) is 21.1 Å². The molecule has 1 saturated carbocycles. The fraction of sp³-hybridized carbons (Fsp3) is 1.00. The Hall–Kier alpha value is 0.688. The summed E-state index contributed by atoms with van der Waals surface area (Å²) in [6.07, 6.45) is 7.44. The maximum Gasteiger partial charge on any atom is 0 e. The molecule has 0 aliphatic heterocycles. The zero-order valence-electron chi connectivity index (χ0n) is 5.52. The van der Waals surface area contributed by atoms with E-state index in [-0.39, 0.29) is 21.1 Å². The second-order valence-corrected chi connectivity index (χ2v) is 2.74. The zero-order chi connectivity index (χ0) is 5.11. The summed E-state index contributed by atoms with van der Waals surface area (Å²) < 4.78 is 0. The smallest absolute Gasteiger partial charge is 0 e. The van der Waals surface area contributed by atoms with Crippen molar-refractivity contribution in [2.24, 2.45) is 5.92 Å². The Morgan fingerprint density at radius 3 is 1.75 bits per heavy atom. The SMILES string of the molecule is CC1CCCCC1.[W]. The third kappa shape index (κ3) is 2.87. The van der Waals surface area contributed by atoms with Crippen LogP contribution < -0.4 is 0 Å². The van der Waals surface area contributed by atoms with Crippen LogP contribution in [0.1, 0.15) is 39.0 Å². The minimum absolute atomic E-state index is 0. The molecule has 0 aromatic rings. The number of hydrogen-bond acceptors (Lipinski definition) is 0. The fourth-order valence-corrected chi connectivity index (χ4v) is 1.31. The van der Waals surface area contributed by atoms with Gasteiger partial charge in [-0.2, -0.15) is 0 Å². The molecule has 0 heterocycles. The van der Waals surface area contributed by atoms with Crippen LogP contribution in [-0.4, -0.2) is 0 Å². The number of rotatable bonds is 0. The van der Waals surface area contributed by atoms with E-state index in [4.69, 9.17) is 0 Å². The van der Waals surface area contributed by atoms with Crippen molar-refractivity contribution in [2.45, 2.75) is 39.0 Å². The molecule has 1 aliphatic carbocycles. The minimum atomic E-state index is 0. The van der Waals surface area contributed by atoms with Gasteiger partial charge in [0.2, 0.25) is 0 Å². The van der Waals surface area contributed by atoms with Crippen LogP contribution in [0.5, 0.6) is 0 Å². The van der Waals surface area contributed by atoms with Gasteiger partial charge in [-0.3, -0.25) is 0 Å². The molecule has 0 radical (unpaired) electrons. The Balaban J connectivity index is 0.000000490. The molecule has 1 heteroatoms. The normalized spacial score (nSPS) is 22.1. The average Bonchev–Trinajstić information content (AvgIpc) is 1.69. The molecule has 0 atom stereocenters. The Kier molecular flexibility index (Phi) is 4.95. The van der Waals surface area contributed by atoms with Crippen molar-refractivity contribution in [3.63, 3.8) is 0 Å². The summed E-state index contributed by atoms with van der Waals surface area (Å²) >= 11 is 0. The van der Waals surface area contributed by atoms with Crippen molar-refractivity contribution in [1.82, 2.24) is 0 Å². The van der Waals surface area contributed by atoms with E-state index in [0.29, 0.717) is 0 Å². The first-order valence-electron chi connectivity index (χ1n) is 3.39. The van der Waals surface area contributed by atoms with Gasteiger partial charge in [0.25, 0.3) is 0 Å². The van der Waals surface area contributed by atoms with Gasteiger partial charge in [0.1, 0.15) is 0 Å². The monoisotopic (exact) mass is 282 g/mol. The summed E-state index contributed by atoms with van der Waals surface area (Å²) in [5.41, 5.74) is 0. The van der Waals surface area contributed by atoms with Gasteiger partial charge in [0, 0.05) is 21.1 Å². The van der Waals surface area contributed by atoms with Gasteiger partial charge in [0.15, 0.2) is 0 Å². The Labute approximate surface area is 66.3 Å². The molecule has 0 unspecified atom stereocenters. The average molecular weight is 282 g/mol. The van der Waals surface area contributed by atoms with Crippen molar-refractivity contribution in [2.75, 3.05) is 0 Å². The maximum absolute atomic E-state index is 2.36. The molecule has 0 nitrogen and oxygen atoms in total. The van der Waals surface area contributed by atoms with Gasteiger partial charge in [-0.1, -0.05) is 39.0 Å². The molecule has 0 saturated heterocycles. The molecule has 0 aromatic heterocycles. The van der Waals surface area contributed by atoms with Crippen LogP contribution in [0.2, 0.25) is 0 Å². The topological polar surface area (TPSA) is 0 Å². The van der Waals surface area contributed by atoms with E-state index in [1.54, 1.807) is 0 Å². The minimum Gasteiger partial charge on any atom is -0.0625 e. The van der Waals surface area contributed by atoms with Gasteiger partial charge >= 0.3 is 0 Å². The summed E-state index contributed by atoms with van der Waals surface area (Å²) in [4.78, 5) is 0. The second-order valence-electron chi connectivity index (χ2n) is 2.74. The summed E-state index contributed by atoms with van der Waals surface area (Å²) in [7, 11) is 0. The van der Waals surface area contributed by atoms with Gasteiger partial charge in [0.05, 0.1) is 0 Å². The van der Waals surface area contributed by atoms with Crippen LogP contribution in [0.25, 0.3) is 0 Å². The van der Waals surface area contributed by atoms with Crippen LogP contribution in [0.3, 0.4) is 0 Å². The molecule has 0 bridgehead atoms. The van der Waals surface area contributed by atoms with E-state index in [1.165, 1.54) is 32.1 Å². The first kappa shape index (κ1) is 8.69. The fourth-order valence-electron chi connectivity index (χ4n) is 1.31. The molecular formula is C7H14W.